The molecule has 0 aliphatic carbocycles. The number of benzene rings is 1. The second-order valence-electron chi connectivity index (χ2n) is 4.90. The van der Waals surface area contributed by atoms with Crippen molar-refractivity contribution in [2.45, 2.75) is 38.7 Å². The largest absolute Gasteiger partial charge is 0.490 e. The summed E-state index contributed by atoms with van der Waals surface area (Å²) in [5, 5.41) is 4.13. The molecule has 1 saturated heterocycles. The van der Waals surface area contributed by atoms with Crippen LogP contribution in [0.25, 0.3) is 0 Å². The maximum Gasteiger partial charge on any atom is 0.123 e. The Bertz CT molecular complexity index is 376. The van der Waals surface area contributed by atoms with Gasteiger partial charge in [-0.3, -0.25) is 0 Å². The molecule has 0 amide bonds. The highest BCUT2D eigenvalue weighted by molar-refractivity contribution is 6.30. The minimum Gasteiger partial charge on any atom is -0.490 e. The lowest BCUT2D eigenvalue weighted by Crippen LogP contribution is -2.34. The van der Waals surface area contributed by atoms with Gasteiger partial charge in [0.15, 0.2) is 0 Å². The molecule has 0 radical (unpaired) electrons. The number of hydrogen-bond donors (Lipinski definition) is 1. The maximum atomic E-state index is 6.10. The van der Waals surface area contributed by atoms with E-state index >= 15 is 0 Å². The van der Waals surface area contributed by atoms with Gasteiger partial charge in [-0.1, -0.05) is 25.4 Å². The predicted octanol–water partition coefficient (Wildman–Crippen LogP) is 4.02. The molecule has 1 aliphatic heterocycles. The van der Waals surface area contributed by atoms with E-state index in [9.17, 15) is 0 Å². The number of nitrogens with one attached hydrogen (secondary N) is 1. The second-order valence-corrected chi connectivity index (χ2v) is 5.34. The molecule has 1 aliphatic rings. The molecule has 0 spiro atoms. The molecule has 102 valence electrons. The molecule has 0 bridgehead atoms. The zero-order valence-corrected chi connectivity index (χ0v) is 12.5. The smallest absolute Gasteiger partial charge is 0.123 e. The molecule has 0 saturated carbocycles. The van der Waals surface area contributed by atoms with Crippen molar-refractivity contribution in [1.82, 2.24) is 5.32 Å². The Hall–Kier alpha value is -0.440. The summed E-state index contributed by atoms with van der Waals surface area (Å²) >= 11 is 6.04. The first-order valence-corrected chi connectivity index (χ1v) is 6.71. The van der Waals surface area contributed by atoms with Crippen LogP contribution in [0, 0.1) is 0 Å². The lowest BCUT2D eigenvalue weighted by molar-refractivity contribution is 0.160. The van der Waals surface area contributed by atoms with Crippen LogP contribution < -0.4 is 10.1 Å². The van der Waals surface area contributed by atoms with Gasteiger partial charge in [0.25, 0.3) is 0 Å². The van der Waals surface area contributed by atoms with E-state index in [1.165, 1.54) is 5.56 Å². The van der Waals surface area contributed by atoms with Crippen molar-refractivity contribution < 1.29 is 4.74 Å². The summed E-state index contributed by atoms with van der Waals surface area (Å²) in [6, 6.07) is 5.92. The van der Waals surface area contributed by atoms with Crippen LogP contribution >= 0.6 is 24.0 Å². The van der Waals surface area contributed by atoms with Gasteiger partial charge in [-0.15, -0.1) is 12.4 Å². The summed E-state index contributed by atoms with van der Waals surface area (Å²) in [5.41, 5.74) is 1.20. The van der Waals surface area contributed by atoms with Gasteiger partial charge in [0, 0.05) is 5.02 Å². The maximum absolute atomic E-state index is 6.10. The molecule has 1 aromatic rings. The van der Waals surface area contributed by atoms with Gasteiger partial charge >= 0.3 is 0 Å². The first kappa shape index (κ1) is 15.6. The minimum absolute atomic E-state index is 0. The van der Waals surface area contributed by atoms with Crippen LogP contribution in [-0.2, 0) is 0 Å². The minimum atomic E-state index is 0. The third-order valence-corrected chi connectivity index (χ3v) is 3.41. The van der Waals surface area contributed by atoms with Crippen molar-refractivity contribution >= 4 is 24.0 Å². The fraction of sp³-hybridized carbons (Fsp3) is 0.571. The summed E-state index contributed by atoms with van der Waals surface area (Å²) in [7, 11) is 0. The van der Waals surface area contributed by atoms with Crippen molar-refractivity contribution in [3.05, 3.63) is 28.8 Å². The highest BCUT2D eigenvalue weighted by Crippen LogP contribution is 2.30. The van der Waals surface area contributed by atoms with Crippen LogP contribution in [0.3, 0.4) is 0 Å². The Kier molecular flexibility index (Phi) is 6.27. The SMILES string of the molecule is CC(C)c1cc(Cl)ccc1OC1CCNCC1.Cl. The summed E-state index contributed by atoms with van der Waals surface area (Å²) in [6.45, 7) is 6.44. The van der Waals surface area contributed by atoms with Crippen LogP contribution in [0.1, 0.15) is 38.2 Å². The molecular weight excluding hydrogens is 269 g/mol. The fourth-order valence-corrected chi connectivity index (χ4v) is 2.35. The Morgan fingerprint density at radius 2 is 1.94 bits per heavy atom. The normalized spacial score (nSPS) is 16.4. The Morgan fingerprint density at radius 1 is 1.28 bits per heavy atom. The summed E-state index contributed by atoms with van der Waals surface area (Å²) in [4.78, 5) is 0. The average Bonchev–Trinajstić information content (AvgIpc) is 2.32. The zero-order valence-electron chi connectivity index (χ0n) is 10.9. The van der Waals surface area contributed by atoms with Gasteiger partial charge < -0.3 is 10.1 Å². The molecule has 2 rings (SSSR count). The monoisotopic (exact) mass is 289 g/mol. The Labute approximate surface area is 120 Å². The van der Waals surface area contributed by atoms with E-state index in [-0.39, 0.29) is 12.4 Å². The number of ether oxygens (including phenoxy) is 1. The quantitative estimate of drug-likeness (QED) is 0.908. The van der Waals surface area contributed by atoms with Crippen molar-refractivity contribution in [2.24, 2.45) is 0 Å². The topological polar surface area (TPSA) is 21.3 Å². The van der Waals surface area contributed by atoms with Gasteiger partial charge in [0.2, 0.25) is 0 Å². The lowest BCUT2D eigenvalue weighted by atomic mass is 10.0. The Morgan fingerprint density at radius 3 is 2.56 bits per heavy atom. The standard InChI is InChI=1S/C14H20ClNO.ClH/c1-10(2)13-9-11(15)3-4-14(13)17-12-5-7-16-8-6-12;/h3-4,9-10,12,16H,5-8H2,1-2H3;1H. The van der Waals surface area contributed by atoms with Crippen LogP contribution in [-0.4, -0.2) is 19.2 Å². The second kappa shape index (κ2) is 7.22. The van der Waals surface area contributed by atoms with E-state index < -0.39 is 0 Å². The molecule has 0 atom stereocenters. The molecular formula is C14H21Cl2NO. The van der Waals surface area contributed by atoms with Crippen molar-refractivity contribution in [2.75, 3.05) is 13.1 Å². The van der Waals surface area contributed by atoms with Crippen molar-refractivity contribution in [3.8, 4) is 5.75 Å². The van der Waals surface area contributed by atoms with E-state index in [1.807, 2.05) is 18.2 Å². The third-order valence-electron chi connectivity index (χ3n) is 3.17. The Balaban J connectivity index is 0.00000162. The fourth-order valence-electron chi connectivity index (χ4n) is 2.17. The lowest BCUT2D eigenvalue weighted by Gasteiger charge is -2.25. The average molecular weight is 290 g/mol. The van der Waals surface area contributed by atoms with Crippen LogP contribution in [0.2, 0.25) is 5.02 Å². The van der Waals surface area contributed by atoms with Gasteiger partial charge in [-0.2, -0.15) is 0 Å². The van der Waals surface area contributed by atoms with E-state index in [0.29, 0.717) is 12.0 Å². The summed E-state index contributed by atoms with van der Waals surface area (Å²) < 4.78 is 6.10. The van der Waals surface area contributed by atoms with Gasteiger partial charge in [-0.25, -0.2) is 0 Å². The van der Waals surface area contributed by atoms with Gasteiger partial charge in [0.05, 0.1) is 0 Å². The number of hydrogen-bond acceptors (Lipinski definition) is 2. The molecule has 1 aromatic carbocycles. The van der Waals surface area contributed by atoms with Crippen LogP contribution in [0.5, 0.6) is 5.75 Å². The summed E-state index contributed by atoms with van der Waals surface area (Å²) in [6.07, 6.45) is 2.51. The first-order valence-electron chi connectivity index (χ1n) is 6.33. The molecule has 1 heterocycles. The molecule has 1 fully saturated rings. The molecule has 18 heavy (non-hydrogen) atoms. The molecule has 4 heteroatoms. The zero-order chi connectivity index (χ0) is 12.3. The number of halogens is 2. The van der Waals surface area contributed by atoms with E-state index in [2.05, 4.69) is 19.2 Å². The van der Waals surface area contributed by atoms with Gasteiger partial charge in [0.1, 0.15) is 11.9 Å². The summed E-state index contributed by atoms with van der Waals surface area (Å²) in [5.74, 6) is 1.43. The van der Waals surface area contributed by atoms with Gasteiger partial charge in [-0.05, 0) is 55.6 Å². The van der Waals surface area contributed by atoms with Crippen LogP contribution in [0.15, 0.2) is 18.2 Å². The van der Waals surface area contributed by atoms with E-state index in [0.717, 1.165) is 36.7 Å². The van der Waals surface area contributed by atoms with Crippen molar-refractivity contribution in [3.63, 3.8) is 0 Å². The van der Waals surface area contributed by atoms with E-state index in [4.69, 9.17) is 16.3 Å². The molecule has 2 nitrogen and oxygen atoms in total. The highest BCUT2D eigenvalue weighted by atomic mass is 35.5. The van der Waals surface area contributed by atoms with E-state index in [1.54, 1.807) is 0 Å². The molecule has 1 N–H and O–H groups in total. The highest BCUT2D eigenvalue weighted by Gasteiger charge is 2.17. The van der Waals surface area contributed by atoms with Crippen LogP contribution in [0.4, 0.5) is 0 Å². The molecule has 0 aromatic heterocycles. The van der Waals surface area contributed by atoms with Crippen molar-refractivity contribution in [1.29, 1.82) is 0 Å². The number of piperidine rings is 1. The first-order chi connectivity index (χ1) is 8.16. The molecule has 0 unspecified atom stereocenters. The third kappa shape index (κ3) is 4.04. The number of rotatable bonds is 3. The predicted molar refractivity (Wildman–Crippen MR) is 79.3 cm³/mol.